The van der Waals surface area contributed by atoms with Crippen molar-refractivity contribution in [1.82, 2.24) is 9.97 Å². The highest BCUT2D eigenvalue weighted by atomic mass is 16.3. The van der Waals surface area contributed by atoms with Crippen molar-refractivity contribution in [2.45, 2.75) is 38.7 Å². The molecule has 0 spiro atoms. The Bertz CT molecular complexity index is 341. The molecular formula is C11H17N3O. The largest absolute Gasteiger partial charge is 0.388 e. The number of nitrogens with zero attached hydrogens (tertiary/aromatic N) is 2. The van der Waals surface area contributed by atoms with Crippen LogP contribution in [-0.2, 0) is 0 Å². The average Bonchev–Trinajstić information content (AvgIpc) is 2.10. The highest BCUT2D eigenvalue weighted by Gasteiger charge is 2.33. The second-order valence-electron chi connectivity index (χ2n) is 4.37. The zero-order valence-electron chi connectivity index (χ0n) is 9.25. The van der Waals surface area contributed by atoms with E-state index in [1.807, 2.05) is 19.9 Å². The summed E-state index contributed by atoms with van der Waals surface area (Å²) < 4.78 is 0. The van der Waals surface area contributed by atoms with Crippen LogP contribution in [-0.4, -0.2) is 27.2 Å². The Morgan fingerprint density at radius 1 is 1.40 bits per heavy atom. The molecule has 2 N–H and O–H groups in total. The molecule has 4 nitrogen and oxygen atoms in total. The predicted octanol–water partition coefficient (Wildman–Crippen LogP) is 1.42. The maximum Gasteiger partial charge on any atom is 0.130 e. The monoisotopic (exact) mass is 207 g/mol. The van der Waals surface area contributed by atoms with Crippen LogP contribution in [0.3, 0.4) is 0 Å². The number of aliphatic hydroxyl groups is 1. The van der Waals surface area contributed by atoms with Gasteiger partial charge in [0.15, 0.2) is 0 Å². The van der Waals surface area contributed by atoms with Crippen molar-refractivity contribution >= 4 is 5.82 Å². The van der Waals surface area contributed by atoms with Gasteiger partial charge in [0, 0.05) is 18.3 Å². The van der Waals surface area contributed by atoms with Crippen molar-refractivity contribution in [3.8, 4) is 0 Å². The van der Waals surface area contributed by atoms with Gasteiger partial charge in [-0.05, 0) is 33.1 Å². The van der Waals surface area contributed by atoms with Crippen molar-refractivity contribution in [2.24, 2.45) is 0 Å². The molecule has 1 heterocycles. The van der Waals surface area contributed by atoms with Crippen LogP contribution in [0.4, 0.5) is 5.82 Å². The van der Waals surface area contributed by atoms with Crippen LogP contribution in [0.5, 0.6) is 0 Å². The second kappa shape index (κ2) is 3.77. The summed E-state index contributed by atoms with van der Waals surface area (Å²) in [6.45, 7) is 4.40. The van der Waals surface area contributed by atoms with Crippen LogP contribution in [0.25, 0.3) is 0 Å². The van der Waals surface area contributed by atoms with Crippen LogP contribution in [0, 0.1) is 13.8 Å². The van der Waals surface area contributed by atoms with E-state index in [1.165, 1.54) is 0 Å². The molecule has 0 aliphatic heterocycles. The lowest BCUT2D eigenvalue weighted by atomic mass is 9.80. The lowest BCUT2D eigenvalue weighted by Crippen LogP contribution is -2.43. The lowest BCUT2D eigenvalue weighted by molar-refractivity contribution is -0.0202. The third-order valence-corrected chi connectivity index (χ3v) is 2.85. The van der Waals surface area contributed by atoms with Crippen molar-refractivity contribution in [3.63, 3.8) is 0 Å². The molecule has 0 unspecified atom stereocenters. The number of anilines is 1. The Labute approximate surface area is 89.8 Å². The van der Waals surface area contributed by atoms with Crippen LogP contribution in [0.15, 0.2) is 6.07 Å². The number of nitrogens with one attached hydrogen (secondary N) is 1. The second-order valence-corrected chi connectivity index (χ2v) is 4.37. The zero-order valence-corrected chi connectivity index (χ0v) is 9.25. The van der Waals surface area contributed by atoms with Gasteiger partial charge in [0.25, 0.3) is 0 Å². The summed E-state index contributed by atoms with van der Waals surface area (Å²) in [6.07, 6.45) is 2.91. The van der Waals surface area contributed by atoms with Crippen molar-refractivity contribution in [1.29, 1.82) is 0 Å². The Kier molecular flexibility index (Phi) is 2.61. The maximum absolute atomic E-state index is 9.90. The molecule has 0 aromatic carbocycles. The first kappa shape index (κ1) is 10.4. The summed E-state index contributed by atoms with van der Waals surface area (Å²) in [5.74, 6) is 1.57. The average molecular weight is 207 g/mol. The van der Waals surface area contributed by atoms with Gasteiger partial charge >= 0.3 is 0 Å². The van der Waals surface area contributed by atoms with Crippen LogP contribution >= 0.6 is 0 Å². The molecule has 1 saturated carbocycles. The van der Waals surface area contributed by atoms with Gasteiger partial charge in [-0.25, -0.2) is 9.97 Å². The minimum Gasteiger partial charge on any atom is -0.388 e. The molecule has 0 radical (unpaired) electrons. The fraction of sp³-hybridized carbons (Fsp3) is 0.636. The summed E-state index contributed by atoms with van der Waals surface area (Å²) in [5, 5.41) is 13.1. The Balaban J connectivity index is 1.98. The van der Waals surface area contributed by atoms with E-state index in [0.29, 0.717) is 6.54 Å². The number of hydrogen-bond donors (Lipinski definition) is 2. The number of rotatable bonds is 3. The highest BCUT2D eigenvalue weighted by molar-refractivity contribution is 5.36. The Morgan fingerprint density at radius 2 is 2.13 bits per heavy atom. The topological polar surface area (TPSA) is 58.0 Å². The van der Waals surface area contributed by atoms with E-state index >= 15 is 0 Å². The van der Waals surface area contributed by atoms with Crippen LogP contribution < -0.4 is 5.32 Å². The molecule has 1 fully saturated rings. The van der Waals surface area contributed by atoms with E-state index < -0.39 is 5.60 Å². The maximum atomic E-state index is 9.90. The molecular weight excluding hydrogens is 190 g/mol. The molecule has 15 heavy (non-hydrogen) atoms. The van der Waals surface area contributed by atoms with Crippen LogP contribution in [0.1, 0.15) is 30.8 Å². The van der Waals surface area contributed by atoms with Crippen molar-refractivity contribution in [3.05, 3.63) is 17.6 Å². The molecule has 1 aromatic heterocycles. The van der Waals surface area contributed by atoms with Gasteiger partial charge in [0.1, 0.15) is 11.6 Å². The van der Waals surface area contributed by atoms with E-state index in [-0.39, 0.29) is 0 Å². The number of aryl methyl sites for hydroxylation is 2. The summed E-state index contributed by atoms with van der Waals surface area (Å²) >= 11 is 0. The molecule has 4 heteroatoms. The molecule has 82 valence electrons. The summed E-state index contributed by atoms with van der Waals surface area (Å²) in [4.78, 5) is 8.46. The van der Waals surface area contributed by atoms with E-state index in [2.05, 4.69) is 15.3 Å². The zero-order chi connectivity index (χ0) is 10.9. The van der Waals surface area contributed by atoms with E-state index in [1.54, 1.807) is 0 Å². The number of hydrogen-bond acceptors (Lipinski definition) is 4. The molecule has 0 atom stereocenters. The molecule has 1 aliphatic carbocycles. The van der Waals surface area contributed by atoms with Gasteiger partial charge < -0.3 is 10.4 Å². The highest BCUT2D eigenvalue weighted by Crippen LogP contribution is 2.31. The molecule has 2 rings (SSSR count). The van der Waals surface area contributed by atoms with E-state index in [9.17, 15) is 5.11 Å². The Hall–Kier alpha value is -1.16. The first-order chi connectivity index (χ1) is 7.07. The molecule has 0 amide bonds. The Morgan fingerprint density at radius 3 is 2.67 bits per heavy atom. The summed E-state index contributed by atoms with van der Waals surface area (Å²) in [5.41, 5.74) is 0.442. The third-order valence-electron chi connectivity index (χ3n) is 2.85. The quantitative estimate of drug-likeness (QED) is 0.787. The fourth-order valence-corrected chi connectivity index (χ4v) is 1.82. The van der Waals surface area contributed by atoms with Gasteiger partial charge in [0.2, 0.25) is 0 Å². The minimum absolute atomic E-state index is 0.507. The SMILES string of the molecule is Cc1cc(NCC2(O)CCC2)nc(C)n1. The van der Waals surface area contributed by atoms with E-state index in [4.69, 9.17) is 0 Å². The molecule has 1 aliphatic rings. The van der Waals surface area contributed by atoms with Crippen molar-refractivity contribution < 1.29 is 5.11 Å². The predicted molar refractivity (Wildman–Crippen MR) is 58.8 cm³/mol. The molecule has 1 aromatic rings. The van der Waals surface area contributed by atoms with Gasteiger partial charge in [-0.2, -0.15) is 0 Å². The number of aromatic nitrogens is 2. The van der Waals surface area contributed by atoms with Crippen molar-refractivity contribution in [2.75, 3.05) is 11.9 Å². The van der Waals surface area contributed by atoms with Gasteiger partial charge in [-0.15, -0.1) is 0 Å². The standard InChI is InChI=1S/C11H17N3O/c1-8-6-10(14-9(2)13-8)12-7-11(15)4-3-5-11/h6,15H,3-5,7H2,1-2H3,(H,12,13,14). The lowest BCUT2D eigenvalue weighted by Gasteiger charge is -2.36. The van der Waals surface area contributed by atoms with E-state index in [0.717, 1.165) is 36.6 Å². The van der Waals surface area contributed by atoms with Crippen LogP contribution in [0.2, 0.25) is 0 Å². The first-order valence-electron chi connectivity index (χ1n) is 5.36. The first-order valence-corrected chi connectivity index (χ1v) is 5.36. The van der Waals surface area contributed by atoms with Gasteiger partial charge in [0.05, 0.1) is 5.60 Å². The molecule has 0 bridgehead atoms. The van der Waals surface area contributed by atoms with Gasteiger partial charge in [-0.1, -0.05) is 0 Å². The fourth-order valence-electron chi connectivity index (χ4n) is 1.82. The van der Waals surface area contributed by atoms with Gasteiger partial charge in [-0.3, -0.25) is 0 Å². The molecule has 0 saturated heterocycles. The summed E-state index contributed by atoms with van der Waals surface area (Å²) in [7, 11) is 0. The third kappa shape index (κ3) is 2.45. The summed E-state index contributed by atoms with van der Waals surface area (Å²) in [6, 6.07) is 1.90. The minimum atomic E-state index is -0.507. The normalized spacial score (nSPS) is 18.3. The smallest absolute Gasteiger partial charge is 0.130 e.